The van der Waals surface area contributed by atoms with Crippen molar-refractivity contribution in [3.05, 3.63) is 76.4 Å². The van der Waals surface area contributed by atoms with Gasteiger partial charge in [0, 0.05) is 42.9 Å². The highest BCUT2D eigenvalue weighted by Gasteiger charge is 2.48. The number of nitrogens with two attached hydrogens (primary N) is 2. The fraction of sp³-hybridized carbons (Fsp3) is 0.545. The molecule has 0 aromatic heterocycles. The lowest BCUT2D eigenvalue weighted by Gasteiger charge is -2.49. The molecule has 2 aromatic carbocycles. The Bertz CT molecular complexity index is 1740. The number of phenolic OH excluding ortho intramolecular Hbond substituents is 2. The van der Waals surface area contributed by atoms with Gasteiger partial charge in [0.25, 0.3) is 0 Å². The minimum absolute atomic E-state index is 0.0108. The number of carbonyl (C=O) groups is 1. The van der Waals surface area contributed by atoms with Crippen molar-refractivity contribution in [2.24, 2.45) is 40.1 Å². The van der Waals surface area contributed by atoms with Crippen LogP contribution in [0.15, 0.2) is 59.1 Å². The molecule has 0 saturated heterocycles. The average Bonchev–Trinajstić information content (AvgIpc) is 3.62. The van der Waals surface area contributed by atoms with Crippen LogP contribution in [0.3, 0.4) is 0 Å². The summed E-state index contributed by atoms with van der Waals surface area (Å²) in [5.74, 6) is 8.39. The summed E-state index contributed by atoms with van der Waals surface area (Å²) < 4.78 is 12.7. The molecule has 6 N–H and O–H groups in total. The molecule has 8 heteroatoms. The monoisotopic (exact) mass is 707 g/mol. The maximum Gasteiger partial charge on any atom is 0.186 e. The third-order valence-electron chi connectivity index (χ3n) is 11.7. The van der Waals surface area contributed by atoms with E-state index >= 15 is 0 Å². The van der Waals surface area contributed by atoms with E-state index in [0.29, 0.717) is 44.0 Å². The highest BCUT2D eigenvalue weighted by molar-refractivity contribution is 5.89. The van der Waals surface area contributed by atoms with Crippen molar-refractivity contribution in [1.82, 2.24) is 0 Å². The molecule has 0 amide bonds. The van der Waals surface area contributed by atoms with Crippen molar-refractivity contribution in [2.45, 2.75) is 115 Å². The molecular formula is C44H57N3O5. The van der Waals surface area contributed by atoms with Gasteiger partial charge in [0.15, 0.2) is 23.2 Å². The zero-order valence-electron chi connectivity index (χ0n) is 31.2. The summed E-state index contributed by atoms with van der Waals surface area (Å²) in [6.07, 6.45) is 15.9. The lowest BCUT2D eigenvalue weighted by atomic mass is 9.55. The predicted octanol–water partition coefficient (Wildman–Crippen LogP) is 7.80. The zero-order chi connectivity index (χ0) is 36.8. The number of benzene rings is 2. The Morgan fingerprint density at radius 1 is 1.12 bits per heavy atom. The van der Waals surface area contributed by atoms with Gasteiger partial charge in [-0.15, -0.1) is 0 Å². The number of aryl methyl sites for hydroxylation is 1. The molecular weight excluding hydrogens is 650 g/mol. The summed E-state index contributed by atoms with van der Waals surface area (Å²) in [4.78, 5) is 17.8. The first kappa shape index (κ1) is 37.5. The minimum Gasteiger partial charge on any atom is -0.508 e. The minimum atomic E-state index is -0.230. The molecule has 7 atom stereocenters. The van der Waals surface area contributed by atoms with E-state index in [1.54, 1.807) is 19.3 Å². The Morgan fingerprint density at radius 3 is 2.65 bits per heavy atom. The van der Waals surface area contributed by atoms with Crippen LogP contribution in [0.1, 0.15) is 119 Å². The number of ether oxygens (including phenoxy) is 2. The number of hydrogen-bond donors (Lipinski definition) is 4. The number of hydrogen-bond acceptors (Lipinski definition) is 6. The topological polar surface area (TPSA) is 140 Å². The lowest BCUT2D eigenvalue weighted by Crippen LogP contribution is -2.41. The molecule has 52 heavy (non-hydrogen) atoms. The molecule has 2 bridgehead atoms. The number of methoxy groups -OCH3 is 1. The number of unbranched alkanes of at least 4 members (excludes halogenated alkanes) is 1. The molecule has 0 radical (unpaired) electrons. The largest absolute Gasteiger partial charge is 0.508 e. The number of rotatable bonds is 12. The third kappa shape index (κ3) is 8.52. The van der Waals surface area contributed by atoms with E-state index in [1.807, 2.05) is 24.3 Å². The molecule has 0 aliphatic heterocycles. The van der Waals surface area contributed by atoms with Gasteiger partial charge in [0.1, 0.15) is 5.75 Å². The van der Waals surface area contributed by atoms with Gasteiger partial charge in [-0.3, -0.25) is 4.79 Å². The van der Waals surface area contributed by atoms with Gasteiger partial charge in [-0.2, -0.15) is 0 Å². The van der Waals surface area contributed by atoms with Crippen LogP contribution >= 0.6 is 0 Å². The van der Waals surface area contributed by atoms with E-state index in [9.17, 15) is 15.0 Å². The number of ketones is 1. The van der Waals surface area contributed by atoms with Gasteiger partial charge in [0.2, 0.25) is 0 Å². The predicted molar refractivity (Wildman–Crippen MR) is 206 cm³/mol. The van der Waals surface area contributed by atoms with Gasteiger partial charge in [-0.1, -0.05) is 62.0 Å². The fourth-order valence-electron chi connectivity index (χ4n) is 9.49. The molecule has 278 valence electrons. The zero-order valence-corrected chi connectivity index (χ0v) is 31.2. The van der Waals surface area contributed by atoms with Crippen LogP contribution in [0.2, 0.25) is 0 Å². The van der Waals surface area contributed by atoms with E-state index in [0.717, 1.165) is 73.6 Å². The first-order valence-corrected chi connectivity index (χ1v) is 19.5. The molecule has 2 saturated carbocycles. The Hall–Kier alpha value is -4.22. The van der Waals surface area contributed by atoms with Gasteiger partial charge in [0.05, 0.1) is 18.8 Å². The maximum atomic E-state index is 13.1. The van der Waals surface area contributed by atoms with Crippen molar-refractivity contribution in [2.75, 3.05) is 13.7 Å². The molecule has 8 nitrogen and oxygen atoms in total. The Kier molecular flexibility index (Phi) is 12.3. The Labute approximate surface area is 309 Å². The van der Waals surface area contributed by atoms with E-state index in [-0.39, 0.29) is 65.0 Å². The second kappa shape index (κ2) is 17.1. The number of fused-ring (bicyclic) bond motifs is 6. The van der Waals surface area contributed by atoms with Crippen LogP contribution in [-0.4, -0.2) is 47.8 Å². The van der Waals surface area contributed by atoms with Crippen molar-refractivity contribution in [3.63, 3.8) is 0 Å². The quantitative estimate of drug-likeness (QED) is 0.0580. The number of aliphatic imine (C=N–C) groups is 1. The van der Waals surface area contributed by atoms with Crippen molar-refractivity contribution >= 4 is 11.7 Å². The van der Waals surface area contributed by atoms with Gasteiger partial charge in [-0.25, -0.2) is 4.99 Å². The summed E-state index contributed by atoms with van der Waals surface area (Å²) in [5, 5.41) is 23.1. The second-order valence-electron chi connectivity index (χ2n) is 15.6. The Morgan fingerprint density at radius 2 is 1.92 bits per heavy atom. The molecule has 4 aliphatic rings. The molecule has 2 aromatic rings. The lowest BCUT2D eigenvalue weighted by molar-refractivity contribution is -0.114. The standard InChI is InChI=1S/C44H57N3O5/c1-4-5-6-13-32(48)19-18-29-25-40(52-34-15-7-8-16-34)43(50)42-35(29)17-10-12-31(47-44(45)46)22-30-24-37-36(28-11-9-14-33(49)23-28)20-27(2)21-38(37)41(42)39(30)26-51-3/h6,9,11,13-14,23-25,27,30-31,34,36,38-39,41,49-50H,4-5,7-8,12,15-16,18-22,26H2,1-3H3,(H4,45,46,47)/b13-6+/t27-,30+,31+,36+,38-,39-,41+/m1/s1. The molecule has 0 spiro atoms. The number of allylic oxidation sites excluding steroid dienone is 4. The number of aromatic hydroxyl groups is 2. The van der Waals surface area contributed by atoms with E-state index in [1.165, 1.54) is 5.57 Å². The van der Waals surface area contributed by atoms with Crippen LogP contribution in [0.4, 0.5) is 0 Å². The molecule has 6 rings (SSSR count). The fourth-order valence-corrected chi connectivity index (χ4v) is 9.49. The first-order valence-electron chi connectivity index (χ1n) is 19.5. The number of nitrogens with zero attached hydrogens (tertiary/aromatic N) is 1. The summed E-state index contributed by atoms with van der Waals surface area (Å²) in [5.41, 5.74) is 16.9. The van der Waals surface area contributed by atoms with E-state index in [2.05, 4.69) is 42.8 Å². The summed E-state index contributed by atoms with van der Waals surface area (Å²) in [6.45, 7) is 4.89. The number of phenols is 2. The second-order valence-corrected chi connectivity index (χ2v) is 15.6. The van der Waals surface area contributed by atoms with Crippen LogP contribution < -0.4 is 16.2 Å². The van der Waals surface area contributed by atoms with Crippen molar-refractivity contribution < 1.29 is 24.5 Å². The highest BCUT2D eigenvalue weighted by Crippen LogP contribution is 2.59. The molecule has 0 heterocycles. The normalized spacial score (nSPS) is 27.1. The van der Waals surface area contributed by atoms with E-state index < -0.39 is 0 Å². The van der Waals surface area contributed by atoms with Gasteiger partial charge >= 0.3 is 0 Å². The number of carbonyl (C=O) groups excluding carboxylic acids is 1. The van der Waals surface area contributed by atoms with Crippen LogP contribution in [0, 0.1) is 35.5 Å². The summed E-state index contributed by atoms with van der Waals surface area (Å²) >= 11 is 0. The highest BCUT2D eigenvalue weighted by atomic mass is 16.5. The maximum absolute atomic E-state index is 13.1. The van der Waals surface area contributed by atoms with E-state index in [4.69, 9.17) is 20.9 Å². The van der Waals surface area contributed by atoms with Crippen LogP contribution in [0.5, 0.6) is 17.2 Å². The molecule has 0 unspecified atom stereocenters. The summed E-state index contributed by atoms with van der Waals surface area (Å²) in [6, 6.07) is 9.37. The average molecular weight is 708 g/mol. The van der Waals surface area contributed by atoms with Gasteiger partial charge in [-0.05, 0) is 117 Å². The smallest absolute Gasteiger partial charge is 0.186 e. The molecule has 2 fully saturated rings. The van der Waals surface area contributed by atoms with Crippen molar-refractivity contribution in [1.29, 1.82) is 0 Å². The van der Waals surface area contributed by atoms with Crippen LogP contribution in [-0.2, 0) is 16.0 Å². The van der Waals surface area contributed by atoms with Gasteiger partial charge < -0.3 is 31.2 Å². The summed E-state index contributed by atoms with van der Waals surface area (Å²) in [7, 11) is 1.75. The first-order chi connectivity index (χ1) is 25.2. The molecule has 4 aliphatic carbocycles. The number of guanidine groups is 1. The third-order valence-corrected chi connectivity index (χ3v) is 11.7. The SMILES string of the molecule is CCC/C=C/C(=O)CCc1cc(OC2CCCC2)c(O)c2c1C#CC[C@H](N=C(N)N)C[C@H]1C=C3[C@H](c4cccc(O)c4)C[C@@H](C)C[C@H]3[C@H]2[C@@H]1COC. The van der Waals surface area contributed by atoms with Crippen molar-refractivity contribution in [3.8, 4) is 29.1 Å². The Balaban J connectivity index is 1.58. The van der Waals surface area contributed by atoms with Crippen LogP contribution in [0.25, 0.3) is 0 Å².